The first kappa shape index (κ1) is 25.1. The number of aliphatic hydroxyl groups is 1. The number of benzene rings is 3. The van der Waals surface area contributed by atoms with Crippen LogP contribution in [0.15, 0.2) is 66.2 Å². The van der Waals surface area contributed by atoms with Gasteiger partial charge in [-0.1, -0.05) is 42.8 Å². The monoisotopic (exact) mass is 507 g/mol. The van der Waals surface area contributed by atoms with Gasteiger partial charge in [0.1, 0.15) is 23.0 Å². The molecule has 4 rings (SSSR count). The number of rotatable bonds is 7. The second-order valence-corrected chi connectivity index (χ2v) is 8.59. The Balaban J connectivity index is 1.95. The van der Waals surface area contributed by atoms with Crippen LogP contribution in [0.2, 0.25) is 5.02 Å². The summed E-state index contributed by atoms with van der Waals surface area (Å²) in [5.41, 5.74) is 2.39. The van der Waals surface area contributed by atoms with Crippen molar-refractivity contribution in [3.63, 3.8) is 0 Å². The Labute approximate surface area is 214 Å². The third kappa shape index (κ3) is 4.50. The summed E-state index contributed by atoms with van der Waals surface area (Å²) in [5.74, 6) is -0.605. The number of Topliss-reactive ketones (excluding diaryl/α,β-unsaturated/α-hetero) is 1. The largest absolute Gasteiger partial charge is 0.507 e. The van der Waals surface area contributed by atoms with E-state index in [9.17, 15) is 14.7 Å². The van der Waals surface area contributed by atoms with Crippen LogP contribution in [-0.2, 0) is 16.0 Å². The molecule has 0 bridgehead atoms. The van der Waals surface area contributed by atoms with Gasteiger partial charge in [0.15, 0.2) is 0 Å². The molecule has 1 fully saturated rings. The minimum atomic E-state index is -0.895. The van der Waals surface area contributed by atoms with Crippen LogP contribution < -0.4 is 19.1 Å². The van der Waals surface area contributed by atoms with Gasteiger partial charge in [-0.15, -0.1) is 0 Å². The molecule has 1 unspecified atom stereocenters. The second kappa shape index (κ2) is 10.3. The zero-order chi connectivity index (χ0) is 26.0. The van der Waals surface area contributed by atoms with Crippen molar-refractivity contribution in [1.29, 1.82) is 0 Å². The molecule has 1 N–H and O–H groups in total. The number of carbonyl (C=O) groups excluding carboxylic acids is 2. The van der Waals surface area contributed by atoms with Crippen molar-refractivity contribution in [1.82, 2.24) is 0 Å². The van der Waals surface area contributed by atoms with E-state index < -0.39 is 17.7 Å². The van der Waals surface area contributed by atoms with E-state index in [2.05, 4.69) is 0 Å². The number of nitrogens with zero attached hydrogens (tertiary/aromatic N) is 1. The van der Waals surface area contributed by atoms with Crippen molar-refractivity contribution in [3.05, 3.63) is 87.9 Å². The zero-order valence-corrected chi connectivity index (χ0v) is 21.1. The minimum Gasteiger partial charge on any atom is -0.507 e. The van der Waals surface area contributed by atoms with Crippen LogP contribution in [0.25, 0.3) is 5.76 Å². The van der Waals surface area contributed by atoms with Crippen molar-refractivity contribution in [2.75, 3.05) is 26.2 Å². The number of ketones is 1. The van der Waals surface area contributed by atoms with E-state index in [4.69, 9.17) is 25.8 Å². The van der Waals surface area contributed by atoms with Crippen LogP contribution in [0.1, 0.15) is 29.7 Å². The number of carbonyl (C=O) groups is 2. The molecule has 0 spiro atoms. The highest BCUT2D eigenvalue weighted by Gasteiger charge is 2.47. The summed E-state index contributed by atoms with van der Waals surface area (Å²) in [6.07, 6.45) is 0.831. The summed E-state index contributed by atoms with van der Waals surface area (Å²) >= 11 is 6.27. The van der Waals surface area contributed by atoms with E-state index in [1.165, 1.54) is 32.3 Å². The van der Waals surface area contributed by atoms with Gasteiger partial charge < -0.3 is 19.3 Å². The highest BCUT2D eigenvalue weighted by molar-refractivity contribution is 6.51. The van der Waals surface area contributed by atoms with E-state index in [-0.39, 0.29) is 21.9 Å². The molecule has 3 aromatic rings. The van der Waals surface area contributed by atoms with E-state index in [1.54, 1.807) is 30.3 Å². The smallest absolute Gasteiger partial charge is 0.300 e. The summed E-state index contributed by atoms with van der Waals surface area (Å²) in [7, 11) is 4.48. The molecule has 8 heteroatoms. The molecular formula is C28H26ClNO6. The predicted molar refractivity (Wildman–Crippen MR) is 138 cm³/mol. The lowest BCUT2D eigenvalue weighted by Crippen LogP contribution is -2.29. The van der Waals surface area contributed by atoms with Crippen LogP contribution in [0.3, 0.4) is 0 Å². The summed E-state index contributed by atoms with van der Waals surface area (Å²) in [5, 5.41) is 11.6. The molecule has 0 aliphatic carbocycles. The Kier molecular flexibility index (Phi) is 7.22. The maximum atomic E-state index is 13.4. The number of aliphatic hydroxyl groups excluding tert-OH is 1. The molecule has 1 saturated heterocycles. The van der Waals surface area contributed by atoms with Gasteiger partial charge in [-0.3, -0.25) is 14.5 Å². The lowest BCUT2D eigenvalue weighted by molar-refractivity contribution is -0.132. The number of ether oxygens (including phenoxy) is 3. The van der Waals surface area contributed by atoms with Gasteiger partial charge in [0.25, 0.3) is 11.7 Å². The molecule has 186 valence electrons. The normalized spacial score (nSPS) is 16.8. The number of hydrogen-bond acceptors (Lipinski definition) is 6. The fourth-order valence-electron chi connectivity index (χ4n) is 4.25. The molecule has 3 aromatic carbocycles. The number of anilines is 1. The number of methoxy groups -OCH3 is 3. The number of amides is 1. The van der Waals surface area contributed by atoms with E-state index in [0.29, 0.717) is 28.5 Å². The first-order valence-corrected chi connectivity index (χ1v) is 11.7. The molecule has 0 radical (unpaired) electrons. The molecule has 0 saturated carbocycles. The van der Waals surface area contributed by atoms with Gasteiger partial charge in [-0.25, -0.2) is 0 Å². The van der Waals surface area contributed by atoms with Crippen LogP contribution in [0, 0.1) is 0 Å². The van der Waals surface area contributed by atoms with Gasteiger partial charge >= 0.3 is 0 Å². The van der Waals surface area contributed by atoms with Crippen LogP contribution in [0.5, 0.6) is 17.2 Å². The fraction of sp³-hybridized carbons (Fsp3) is 0.214. The average Bonchev–Trinajstić information content (AvgIpc) is 3.17. The van der Waals surface area contributed by atoms with Gasteiger partial charge in [-0.2, -0.15) is 0 Å². The van der Waals surface area contributed by atoms with Crippen molar-refractivity contribution >= 4 is 34.7 Å². The molecule has 1 heterocycles. The maximum absolute atomic E-state index is 13.4. The van der Waals surface area contributed by atoms with E-state index in [1.807, 2.05) is 31.2 Å². The van der Waals surface area contributed by atoms with Gasteiger partial charge in [0.2, 0.25) is 0 Å². The zero-order valence-electron chi connectivity index (χ0n) is 20.4. The van der Waals surface area contributed by atoms with Crippen LogP contribution in [-0.4, -0.2) is 38.1 Å². The lowest BCUT2D eigenvalue weighted by atomic mass is 9.94. The van der Waals surface area contributed by atoms with Crippen molar-refractivity contribution in [2.24, 2.45) is 0 Å². The van der Waals surface area contributed by atoms with Crippen molar-refractivity contribution in [2.45, 2.75) is 19.4 Å². The standard InChI is InChI=1S/C28H26ClNO6/c1-5-16-6-8-17(9-7-16)25-24(26(31)18-10-11-23(36-4)22(29)12-18)27(32)28(33)30(25)19-13-20(34-2)15-21(14-19)35-3/h6-15,25,31H,5H2,1-4H3/b26-24+. The number of halogens is 1. The minimum absolute atomic E-state index is 0.0488. The first-order valence-electron chi connectivity index (χ1n) is 11.3. The highest BCUT2D eigenvalue weighted by atomic mass is 35.5. The third-order valence-corrected chi connectivity index (χ3v) is 6.48. The molecular weight excluding hydrogens is 482 g/mol. The second-order valence-electron chi connectivity index (χ2n) is 8.18. The van der Waals surface area contributed by atoms with Gasteiger partial charge in [-0.05, 0) is 35.7 Å². The van der Waals surface area contributed by atoms with Crippen LogP contribution in [0.4, 0.5) is 5.69 Å². The Hall–Kier alpha value is -3.97. The van der Waals surface area contributed by atoms with Crippen molar-refractivity contribution < 1.29 is 28.9 Å². The SMILES string of the molecule is CCc1ccc(C2/C(=C(\O)c3ccc(OC)c(Cl)c3)C(=O)C(=O)N2c2cc(OC)cc(OC)c2)cc1. The van der Waals surface area contributed by atoms with E-state index >= 15 is 0 Å². The average molecular weight is 508 g/mol. The quantitative estimate of drug-likeness (QED) is 0.256. The topological polar surface area (TPSA) is 85.3 Å². The Morgan fingerprint density at radius 3 is 2.08 bits per heavy atom. The van der Waals surface area contributed by atoms with E-state index in [0.717, 1.165) is 12.0 Å². The molecule has 1 aliphatic rings. The molecule has 1 aliphatic heterocycles. The molecule has 0 aromatic heterocycles. The molecule has 36 heavy (non-hydrogen) atoms. The van der Waals surface area contributed by atoms with Gasteiger partial charge in [0, 0.05) is 23.8 Å². The summed E-state index contributed by atoms with van der Waals surface area (Å²) in [4.78, 5) is 28.2. The van der Waals surface area contributed by atoms with Crippen LogP contribution >= 0.6 is 11.6 Å². The third-order valence-electron chi connectivity index (χ3n) is 6.19. The van der Waals surface area contributed by atoms with Crippen molar-refractivity contribution in [3.8, 4) is 17.2 Å². The fourth-order valence-corrected chi connectivity index (χ4v) is 4.51. The predicted octanol–water partition coefficient (Wildman–Crippen LogP) is 5.55. The maximum Gasteiger partial charge on any atom is 0.300 e. The molecule has 7 nitrogen and oxygen atoms in total. The summed E-state index contributed by atoms with van der Waals surface area (Å²) in [6.45, 7) is 2.04. The summed E-state index contributed by atoms with van der Waals surface area (Å²) < 4.78 is 15.9. The Bertz CT molecular complexity index is 1330. The first-order chi connectivity index (χ1) is 17.3. The highest BCUT2D eigenvalue weighted by Crippen LogP contribution is 2.44. The Morgan fingerprint density at radius 1 is 0.917 bits per heavy atom. The number of aryl methyl sites for hydroxylation is 1. The molecule has 1 amide bonds. The molecule has 1 atom stereocenters. The van der Waals surface area contributed by atoms with Gasteiger partial charge in [0.05, 0.1) is 43.7 Å². The summed E-state index contributed by atoms with van der Waals surface area (Å²) in [6, 6.07) is 16.3. The lowest BCUT2D eigenvalue weighted by Gasteiger charge is -2.26. The Morgan fingerprint density at radius 2 is 1.56 bits per heavy atom. The number of hydrogen-bond donors (Lipinski definition) is 1.